The third-order valence-electron chi connectivity index (χ3n) is 3.30. The molecule has 1 aliphatic heterocycles. The minimum Gasteiger partial charge on any atom is -0.367 e. The minimum absolute atomic E-state index is 0.283. The number of anilines is 1. The number of pyridine rings is 1. The Balaban J connectivity index is 1.94. The van der Waals surface area contributed by atoms with Crippen LogP contribution >= 0.6 is 15.9 Å². The van der Waals surface area contributed by atoms with Crippen molar-refractivity contribution in [2.24, 2.45) is 0 Å². The van der Waals surface area contributed by atoms with Crippen LogP contribution in [0.1, 0.15) is 18.5 Å². The van der Waals surface area contributed by atoms with Crippen LogP contribution in [0.25, 0.3) is 0 Å². The quantitative estimate of drug-likeness (QED) is 0.908. The number of hydrogen-bond donors (Lipinski definition) is 1. The second-order valence-corrected chi connectivity index (χ2v) is 7.68. The van der Waals surface area contributed by atoms with Gasteiger partial charge in [0.2, 0.25) is 10.0 Å². The molecule has 1 saturated heterocycles. The highest BCUT2D eigenvalue weighted by atomic mass is 79.9. The van der Waals surface area contributed by atoms with E-state index in [4.69, 9.17) is 0 Å². The molecule has 19 heavy (non-hydrogen) atoms. The molecule has 2 heterocycles. The van der Waals surface area contributed by atoms with E-state index in [2.05, 4.69) is 26.2 Å². The van der Waals surface area contributed by atoms with Crippen LogP contribution in [0.2, 0.25) is 0 Å². The molecule has 5 nitrogen and oxygen atoms in total. The van der Waals surface area contributed by atoms with Gasteiger partial charge in [-0.15, -0.1) is 0 Å². The summed E-state index contributed by atoms with van der Waals surface area (Å²) in [6, 6.07) is 4.18. The van der Waals surface area contributed by atoms with E-state index >= 15 is 0 Å². The van der Waals surface area contributed by atoms with Crippen molar-refractivity contribution in [3.63, 3.8) is 0 Å². The van der Waals surface area contributed by atoms with Crippen molar-refractivity contribution in [1.82, 2.24) is 9.29 Å². The Morgan fingerprint density at radius 3 is 2.53 bits per heavy atom. The second kappa shape index (κ2) is 5.76. The summed E-state index contributed by atoms with van der Waals surface area (Å²) in [6.07, 6.45) is 2.88. The SMILES string of the molecule is Cc1nc(NC2CCN(S(C)(=O)=O)CC2)ccc1Br. The van der Waals surface area contributed by atoms with Gasteiger partial charge in [0, 0.05) is 23.6 Å². The lowest BCUT2D eigenvalue weighted by atomic mass is 10.1. The first-order chi connectivity index (χ1) is 8.86. The number of aryl methyl sites for hydroxylation is 1. The van der Waals surface area contributed by atoms with Crippen molar-refractivity contribution < 1.29 is 8.42 Å². The molecule has 0 atom stereocenters. The van der Waals surface area contributed by atoms with E-state index in [1.54, 1.807) is 0 Å². The van der Waals surface area contributed by atoms with Gasteiger partial charge >= 0.3 is 0 Å². The molecule has 0 spiro atoms. The Bertz CT molecular complexity index is 554. The number of aromatic nitrogens is 1. The highest BCUT2D eigenvalue weighted by Gasteiger charge is 2.24. The zero-order valence-electron chi connectivity index (χ0n) is 11.1. The predicted octanol–water partition coefficient (Wildman–Crippen LogP) is 1.99. The third-order valence-corrected chi connectivity index (χ3v) is 5.44. The summed E-state index contributed by atoms with van der Waals surface area (Å²) < 4.78 is 25.4. The van der Waals surface area contributed by atoms with Crippen molar-refractivity contribution >= 4 is 31.8 Å². The molecule has 0 aliphatic carbocycles. The smallest absolute Gasteiger partial charge is 0.211 e. The third kappa shape index (κ3) is 3.90. The van der Waals surface area contributed by atoms with E-state index in [1.165, 1.54) is 10.6 Å². The molecular formula is C12H18BrN3O2S. The van der Waals surface area contributed by atoms with E-state index in [9.17, 15) is 8.42 Å². The van der Waals surface area contributed by atoms with Crippen molar-refractivity contribution in [2.45, 2.75) is 25.8 Å². The van der Waals surface area contributed by atoms with E-state index in [-0.39, 0.29) is 6.04 Å². The molecule has 0 aromatic carbocycles. The summed E-state index contributed by atoms with van der Waals surface area (Å²) in [7, 11) is -3.05. The molecule has 2 rings (SSSR count). The lowest BCUT2D eigenvalue weighted by Gasteiger charge is -2.31. The highest BCUT2D eigenvalue weighted by molar-refractivity contribution is 9.10. The molecule has 0 unspecified atom stereocenters. The lowest BCUT2D eigenvalue weighted by Crippen LogP contribution is -2.41. The second-order valence-electron chi connectivity index (χ2n) is 4.84. The number of nitrogens with one attached hydrogen (secondary N) is 1. The molecule has 1 N–H and O–H groups in total. The van der Waals surface area contributed by atoms with Crippen LogP contribution < -0.4 is 5.32 Å². The summed E-state index contributed by atoms with van der Waals surface area (Å²) in [5.41, 5.74) is 0.943. The Kier molecular flexibility index (Phi) is 4.47. The van der Waals surface area contributed by atoms with Gasteiger partial charge < -0.3 is 5.32 Å². The normalized spacial score (nSPS) is 18.5. The first-order valence-corrected chi connectivity index (χ1v) is 8.85. The zero-order chi connectivity index (χ0) is 14.0. The first kappa shape index (κ1) is 14.7. The topological polar surface area (TPSA) is 62.3 Å². The van der Waals surface area contributed by atoms with E-state index in [0.717, 1.165) is 28.8 Å². The van der Waals surface area contributed by atoms with Crippen LogP contribution in [-0.2, 0) is 10.0 Å². The Morgan fingerprint density at radius 2 is 2.00 bits per heavy atom. The minimum atomic E-state index is -3.05. The Morgan fingerprint density at radius 1 is 1.37 bits per heavy atom. The average Bonchev–Trinajstić information content (AvgIpc) is 2.33. The van der Waals surface area contributed by atoms with Crippen LogP contribution in [0.5, 0.6) is 0 Å². The fourth-order valence-corrected chi connectivity index (χ4v) is 3.26. The molecule has 1 aromatic rings. The van der Waals surface area contributed by atoms with Gasteiger partial charge in [-0.3, -0.25) is 0 Å². The predicted molar refractivity (Wildman–Crippen MR) is 79.7 cm³/mol. The molecule has 1 aliphatic rings. The van der Waals surface area contributed by atoms with Gasteiger partial charge in [-0.1, -0.05) is 0 Å². The van der Waals surface area contributed by atoms with Crippen LogP contribution in [0.4, 0.5) is 5.82 Å². The van der Waals surface area contributed by atoms with Gasteiger partial charge in [0.25, 0.3) is 0 Å². The number of nitrogens with zero attached hydrogens (tertiary/aromatic N) is 2. The van der Waals surface area contributed by atoms with Gasteiger partial charge in [0.05, 0.1) is 11.9 Å². The molecular weight excluding hydrogens is 330 g/mol. The Hall–Kier alpha value is -0.660. The summed E-state index contributed by atoms with van der Waals surface area (Å²) in [5, 5.41) is 3.37. The maximum absolute atomic E-state index is 11.4. The first-order valence-electron chi connectivity index (χ1n) is 6.21. The van der Waals surface area contributed by atoms with Gasteiger partial charge in [-0.2, -0.15) is 0 Å². The van der Waals surface area contributed by atoms with Crippen molar-refractivity contribution in [3.8, 4) is 0 Å². The van der Waals surface area contributed by atoms with Crippen LogP contribution in [-0.4, -0.2) is 43.1 Å². The molecule has 0 radical (unpaired) electrons. The molecule has 1 fully saturated rings. The molecule has 106 valence electrons. The molecule has 1 aromatic heterocycles. The summed E-state index contributed by atoms with van der Waals surface area (Å²) in [5.74, 6) is 0.846. The van der Waals surface area contributed by atoms with Crippen molar-refractivity contribution in [2.75, 3.05) is 24.7 Å². The fraction of sp³-hybridized carbons (Fsp3) is 0.583. The van der Waals surface area contributed by atoms with Gasteiger partial charge in [0.1, 0.15) is 5.82 Å². The standard InChI is InChI=1S/C12H18BrN3O2S/c1-9-11(13)3-4-12(14-9)15-10-5-7-16(8-6-10)19(2,17)18/h3-4,10H,5-8H2,1-2H3,(H,14,15). The van der Waals surface area contributed by atoms with Gasteiger partial charge in [-0.05, 0) is 47.8 Å². The number of halogens is 1. The molecule has 7 heteroatoms. The zero-order valence-corrected chi connectivity index (χ0v) is 13.5. The Labute approximate surface area is 122 Å². The number of sulfonamides is 1. The monoisotopic (exact) mass is 347 g/mol. The fourth-order valence-electron chi connectivity index (χ4n) is 2.17. The molecule has 0 amide bonds. The maximum Gasteiger partial charge on any atom is 0.211 e. The van der Waals surface area contributed by atoms with Crippen molar-refractivity contribution in [1.29, 1.82) is 0 Å². The summed E-state index contributed by atoms with van der Waals surface area (Å²) >= 11 is 3.42. The van der Waals surface area contributed by atoms with Gasteiger partial charge in [-0.25, -0.2) is 17.7 Å². The number of piperidine rings is 1. The largest absolute Gasteiger partial charge is 0.367 e. The molecule has 0 bridgehead atoms. The van der Waals surface area contributed by atoms with Crippen LogP contribution in [0.3, 0.4) is 0 Å². The van der Waals surface area contributed by atoms with Gasteiger partial charge in [0.15, 0.2) is 0 Å². The maximum atomic E-state index is 11.4. The van der Waals surface area contributed by atoms with Crippen LogP contribution in [0, 0.1) is 6.92 Å². The average molecular weight is 348 g/mol. The van der Waals surface area contributed by atoms with E-state index < -0.39 is 10.0 Å². The highest BCUT2D eigenvalue weighted by Crippen LogP contribution is 2.20. The van der Waals surface area contributed by atoms with Crippen LogP contribution in [0.15, 0.2) is 16.6 Å². The molecule has 0 saturated carbocycles. The van der Waals surface area contributed by atoms with Crippen molar-refractivity contribution in [3.05, 3.63) is 22.3 Å². The van der Waals surface area contributed by atoms with E-state index in [0.29, 0.717) is 13.1 Å². The number of hydrogen-bond acceptors (Lipinski definition) is 4. The summed E-state index contributed by atoms with van der Waals surface area (Å²) in [6.45, 7) is 3.10. The lowest BCUT2D eigenvalue weighted by molar-refractivity contribution is 0.331. The number of rotatable bonds is 3. The van der Waals surface area contributed by atoms with E-state index in [1.807, 2.05) is 19.1 Å². The summed E-state index contributed by atoms with van der Waals surface area (Å²) in [4.78, 5) is 4.44.